The maximum atomic E-state index is 13.6. The van der Waals surface area contributed by atoms with Gasteiger partial charge in [0.05, 0.1) is 23.9 Å². The summed E-state index contributed by atoms with van der Waals surface area (Å²) in [6.07, 6.45) is 0. The number of hydrogen-bond donors (Lipinski definition) is 1. The fraction of sp³-hybridized carbons (Fsp3) is 0.125. The minimum atomic E-state index is -0.589. The number of halogens is 2. The molecule has 0 unspecified atom stereocenters. The molecule has 0 saturated heterocycles. The fourth-order valence-corrected chi connectivity index (χ4v) is 2.96. The normalized spacial score (nSPS) is 10.7. The Hall–Kier alpha value is -2.54. The molecule has 3 aromatic rings. The highest BCUT2D eigenvalue weighted by atomic mass is 32.1. The van der Waals surface area contributed by atoms with Crippen LogP contribution in [0.3, 0.4) is 0 Å². The zero-order valence-corrected chi connectivity index (χ0v) is 12.9. The number of nitrogens with one attached hydrogen (secondary N) is 1. The first-order chi connectivity index (χ1) is 11.1. The smallest absolute Gasteiger partial charge is 0.184 e. The number of anilines is 1. The van der Waals surface area contributed by atoms with Gasteiger partial charge in [-0.05, 0) is 36.4 Å². The summed E-state index contributed by atoms with van der Waals surface area (Å²) in [7, 11) is 1.36. The van der Waals surface area contributed by atoms with E-state index in [4.69, 9.17) is 4.74 Å². The third-order valence-corrected chi connectivity index (χ3v) is 4.20. The van der Waals surface area contributed by atoms with Crippen LogP contribution in [0.5, 0.6) is 5.75 Å². The fourth-order valence-electron chi connectivity index (χ4n) is 2.07. The number of hydrogen-bond acceptors (Lipinski definition) is 5. The minimum absolute atomic E-state index is 0.0337. The lowest BCUT2D eigenvalue weighted by atomic mass is 10.1. The van der Waals surface area contributed by atoms with Gasteiger partial charge in [-0.25, -0.2) is 13.8 Å². The van der Waals surface area contributed by atoms with Gasteiger partial charge in [0.25, 0.3) is 0 Å². The summed E-state index contributed by atoms with van der Waals surface area (Å²) in [4.78, 5) is 16.3. The molecule has 0 aliphatic carbocycles. The topological polar surface area (TPSA) is 51.2 Å². The second-order valence-electron chi connectivity index (χ2n) is 4.76. The summed E-state index contributed by atoms with van der Waals surface area (Å²) in [6.45, 7) is -0.0337. The highest BCUT2D eigenvalue weighted by Crippen LogP contribution is 2.26. The molecule has 0 aliphatic heterocycles. The Morgan fingerprint density at radius 1 is 1.26 bits per heavy atom. The Balaban J connectivity index is 1.71. The molecule has 3 rings (SSSR count). The highest BCUT2D eigenvalue weighted by molar-refractivity contribution is 7.22. The number of fused-ring (bicyclic) bond motifs is 1. The SMILES string of the molecule is COc1ccc(C(=O)CNc2nc3ccc(F)cc3s2)cc1F. The second kappa shape index (κ2) is 6.29. The predicted molar refractivity (Wildman–Crippen MR) is 85.4 cm³/mol. The van der Waals surface area contributed by atoms with Crippen molar-refractivity contribution in [3.8, 4) is 5.75 Å². The quantitative estimate of drug-likeness (QED) is 0.720. The first-order valence-electron chi connectivity index (χ1n) is 6.73. The molecule has 0 aliphatic rings. The van der Waals surface area contributed by atoms with Gasteiger partial charge in [-0.2, -0.15) is 0 Å². The number of benzene rings is 2. The molecule has 2 aromatic carbocycles. The lowest BCUT2D eigenvalue weighted by Gasteiger charge is -2.05. The van der Waals surface area contributed by atoms with Crippen LogP contribution in [-0.2, 0) is 0 Å². The van der Waals surface area contributed by atoms with E-state index in [9.17, 15) is 13.6 Å². The van der Waals surface area contributed by atoms with Crippen molar-refractivity contribution in [3.63, 3.8) is 0 Å². The zero-order valence-electron chi connectivity index (χ0n) is 12.1. The maximum absolute atomic E-state index is 13.6. The number of ketones is 1. The molecule has 0 radical (unpaired) electrons. The molecule has 0 fully saturated rings. The van der Waals surface area contributed by atoms with Crippen LogP contribution in [0.2, 0.25) is 0 Å². The molecule has 1 heterocycles. The average Bonchev–Trinajstić information content (AvgIpc) is 2.94. The standard InChI is InChI=1S/C16H12F2N2O2S/c1-22-14-5-2-9(6-11(14)18)13(21)8-19-16-20-12-4-3-10(17)7-15(12)23-16/h2-7H,8H2,1H3,(H,19,20). The molecule has 0 spiro atoms. The number of rotatable bonds is 5. The summed E-state index contributed by atoms with van der Waals surface area (Å²) >= 11 is 1.25. The van der Waals surface area contributed by atoms with Crippen LogP contribution in [0.25, 0.3) is 10.2 Å². The van der Waals surface area contributed by atoms with Crippen molar-refractivity contribution in [2.45, 2.75) is 0 Å². The van der Waals surface area contributed by atoms with Crippen molar-refractivity contribution in [2.75, 3.05) is 19.0 Å². The maximum Gasteiger partial charge on any atom is 0.184 e. The number of methoxy groups -OCH3 is 1. The first kappa shape index (κ1) is 15.4. The third-order valence-electron chi connectivity index (χ3n) is 3.22. The molecule has 4 nitrogen and oxygen atoms in total. The molecule has 0 saturated carbocycles. The first-order valence-corrected chi connectivity index (χ1v) is 7.55. The predicted octanol–water partition coefficient (Wildman–Crippen LogP) is 3.88. The van der Waals surface area contributed by atoms with Gasteiger partial charge in [0.2, 0.25) is 0 Å². The van der Waals surface area contributed by atoms with Gasteiger partial charge >= 0.3 is 0 Å². The number of nitrogens with zero attached hydrogens (tertiary/aromatic N) is 1. The highest BCUT2D eigenvalue weighted by Gasteiger charge is 2.11. The number of carbonyl (C=O) groups is 1. The van der Waals surface area contributed by atoms with Gasteiger partial charge < -0.3 is 10.1 Å². The molecule has 1 N–H and O–H groups in total. The largest absolute Gasteiger partial charge is 0.494 e. The van der Waals surface area contributed by atoms with Crippen LogP contribution < -0.4 is 10.1 Å². The van der Waals surface area contributed by atoms with Gasteiger partial charge in [0.1, 0.15) is 5.82 Å². The van der Waals surface area contributed by atoms with Crippen LogP contribution in [0.15, 0.2) is 36.4 Å². The summed E-state index contributed by atoms with van der Waals surface area (Å²) < 4.78 is 32.2. The van der Waals surface area contributed by atoms with Gasteiger partial charge in [0.15, 0.2) is 22.5 Å². The van der Waals surface area contributed by atoms with Crippen LogP contribution >= 0.6 is 11.3 Å². The number of aromatic nitrogens is 1. The number of carbonyl (C=O) groups excluding carboxylic acids is 1. The lowest BCUT2D eigenvalue weighted by Crippen LogP contribution is -2.14. The molecular formula is C16H12F2N2O2S. The van der Waals surface area contributed by atoms with E-state index >= 15 is 0 Å². The summed E-state index contributed by atoms with van der Waals surface area (Å²) in [5.41, 5.74) is 0.893. The summed E-state index contributed by atoms with van der Waals surface area (Å²) in [6, 6.07) is 8.34. The Labute approximate surface area is 134 Å². The van der Waals surface area contributed by atoms with Gasteiger partial charge in [-0.3, -0.25) is 4.79 Å². The van der Waals surface area contributed by atoms with Crippen molar-refractivity contribution in [1.82, 2.24) is 4.98 Å². The van der Waals surface area contributed by atoms with E-state index in [1.165, 1.54) is 42.7 Å². The Bertz CT molecular complexity index is 880. The summed E-state index contributed by atoms with van der Waals surface area (Å²) in [5.74, 6) is -1.12. The number of thiazole rings is 1. The molecule has 0 bridgehead atoms. The van der Waals surface area contributed by atoms with E-state index in [1.807, 2.05) is 0 Å². The van der Waals surface area contributed by atoms with Crippen LogP contribution in [-0.4, -0.2) is 24.4 Å². The van der Waals surface area contributed by atoms with Gasteiger partial charge in [-0.1, -0.05) is 11.3 Å². The van der Waals surface area contributed by atoms with E-state index in [-0.39, 0.29) is 29.5 Å². The molecular weight excluding hydrogens is 322 g/mol. The number of Topliss-reactive ketones (excluding diaryl/α,β-unsaturated/α-hetero) is 1. The van der Waals surface area contributed by atoms with Crippen molar-refractivity contribution < 1.29 is 18.3 Å². The second-order valence-corrected chi connectivity index (χ2v) is 5.79. The number of ether oxygens (including phenoxy) is 1. The Kier molecular flexibility index (Phi) is 4.20. The van der Waals surface area contributed by atoms with E-state index in [0.29, 0.717) is 15.3 Å². The van der Waals surface area contributed by atoms with Crippen molar-refractivity contribution in [2.24, 2.45) is 0 Å². The Morgan fingerprint density at radius 3 is 2.83 bits per heavy atom. The van der Waals surface area contributed by atoms with Crippen molar-refractivity contribution in [1.29, 1.82) is 0 Å². The minimum Gasteiger partial charge on any atom is -0.494 e. The van der Waals surface area contributed by atoms with E-state index in [2.05, 4.69) is 10.3 Å². The monoisotopic (exact) mass is 334 g/mol. The van der Waals surface area contributed by atoms with Gasteiger partial charge in [-0.15, -0.1) is 0 Å². The lowest BCUT2D eigenvalue weighted by molar-refractivity contribution is 0.101. The molecule has 0 atom stereocenters. The zero-order chi connectivity index (χ0) is 16.4. The Morgan fingerprint density at radius 2 is 2.09 bits per heavy atom. The van der Waals surface area contributed by atoms with Crippen LogP contribution in [0, 0.1) is 11.6 Å². The van der Waals surface area contributed by atoms with E-state index < -0.39 is 5.82 Å². The molecule has 118 valence electrons. The molecule has 7 heteroatoms. The van der Waals surface area contributed by atoms with E-state index in [1.54, 1.807) is 6.07 Å². The van der Waals surface area contributed by atoms with Crippen LogP contribution in [0.1, 0.15) is 10.4 Å². The van der Waals surface area contributed by atoms with Crippen molar-refractivity contribution in [3.05, 3.63) is 53.6 Å². The van der Waals surface area contributed by atoms with Gasteiger partial charge in [0, 0.05) is 5.56 Å². The third kappa shape index (κ3) is 3.29. The van der Waals surface area contributed by atoms with Crippen molar-refractivity contribution >= 4 is 32.5 Å². The summed E-state index contributed by atoms with van der Waals surface area (Å²) in [5, 5.41) is 3.39. The molecule has 23 heavy (non-hydrogen) atoms. The molecule has 0 amide bonds. The molecule has 1 aromatic heterocycles. The average molecular weight is 334 g/mol. The van der Waals surface area contributed by atoms with E-state index in [0.717, 1.165) is 6.07 Å². The van der Waals surface area contributed by atoms with Crippen LogP contribution in [0.4, 0.5) is 13.9 Å².